The Morgan fingerprint density at radius 2 is 2.00 bits per heavy atom. The average Bonchev–Trinajstić information content (AvgIpc) is 3.55. The molecule has 2 aliphatic heterocycles. The van der Waals surface area contributed by atoms with Crippen molar-refractivity contribution < 1.29 is 61.8 Å². The van der Waals surface area contributed by atoms with E-state index in [0.29, 0.717) is 17.3 Å². The molecule has 0 bridgehead atoms. The summed E-state index contributed by atoms with van der Waals surface area (Å²) in [7, 11) is -3.30. The number of nitrogens with zero attached hydrogens (tertiary/aromatic N) is 3. The van der Waals surface area contributed by atoms with Crippen LogP contribution in [0.1, 0.15) is 32.9 Å². The van der Waals surface area contributed by atoms with Gasteiger partial charge in [-0.3, -0.25) is 33.0 Å². The first-order valence-electron chi connectivity index (χ1n) is 13.5. The molecular formula is C22H36BN7O13P2S. The summed E-state index contributed by atoms with van der Waals surface area (Å²) in [5.41, 5.74) is -1.06. The highest BCUT2D eigenvalue weighted by Gasteiger charge is 2.50. The second-order valence-electron chi connectivity index (χ2n) is 10.6. The lowest BCUT2D eigenvalue weighted by Crippen LogP contribution is -2.53. The molecule has 7 atom stereocenters. The number of aliphatic imine (C=N–C) groups is 1. The van der Waals surface area contributed by atoms with Crippen LogP contribution in [0.15, 0.2) is 11.3 Å². The summed E-state index contributed by atoms with van der Waals surface area (Å²) in [4.78, 5) is 57.7. The Labute approximate surface area is 268 Å². The van der Waals surface area contributed by atoms with Gasteiger partial charge in [-0.25, -0.2) is 13.9 Å². The number of H-pyrrole nitrogens is 1. The van der Waals surface area contributed by atoms with Gasteiger partial charge in [-0.05, 0) is 0 Å². The lowest BCUT2D eigenvalue weighted by atomic mass is 9.87. The Morgan fingerprint density at radius 1 is 1.30 bits per heavy atom. The molecule has 1 aromatic rings. The number of ether oxygens (including phenoxy) is 1. The van der Waals surface area contributed by atoms with Crippen molar-refractivity contribution >= 4 is 63.2 Å². The Morgan fingerprint density at radius 3 is 2.65 bits per heavy atom. The van der Waals surface area contributed by atoms with Crippen molar-refractivity contribution in [1.29, 1.82) is 0 Å². The Hall–Kier alpha value is -2.36. The summed E-state index contributed by atoms with van der Waals surface area (Å²) in [5.74, 6) is -0.531. The second-order valence-corrected chi connectivity index (χ2v) is 14.9. The molecular weight excluding hydrogens is 675 g/mol. The van der Waals surface area contributed by atoms with Crippen LogP contribution in [0.25, 0.3) is 0 Å². The highest BCUT2D eigenvalue weighted by Crippen LogP contribution is 2.61. The highest BCUT2D eigenvalue weighted by atomic mass is 32.2. The van der Waals surface area contributed by atoms with Crippen molar-refractivity contribution in [3.05, 3.63) is 12.0 Å². The van der Waals surface area contributed by atoms with Crippen molar-refractivity contribution in [2.75, 3.05) is 37.6 Å². The summed E-state index contributed by atoms with van der Waals surface area (Å²) < 4.78 is 45.2. The Bertz CT molecular complexity index is 1400. The van der Waals surface area contributed by atoms with E-state index < -0.39 is 70.0 Å². The number of hydrogen-bond donors (Lipinski definition) is 8. The van der Waals surface area contributed by atoms with Gasteiger partial charge in [-0.1, -0.05) is 25.6 Å². The molecule has 2 aliphatic rings. The number of aliphatic hydroxyl groups is 3. The van der Waals surface area contributed by atoms with Gasteiger partial charge in [0, 0.05) is 32.4 Å². The molecule has 0 spiro atoms. The maximum absolute atomic E-state index is 12.8. The average molecular weight is 711 g/mol. The van der Waals surface area contributed by atoms with E-state index in [4.69, 9.17) is 21.4 Å². The van der Waals surface area contributed by atoms with Gasteiger partial charge >= 0.3 is 7.82 Å². The van der Waals surface area contributed by atoms with Crippen molar-refractivity contribution in [3.8, 4) is 0 Å². The summed E-state index contributed by atoms with van der Waals surface area (Å²) in [5, 5.41) is 39.1. The van der Waals surface area contributed by atoms with E-state index in [1.807, 2.05) is 0 Å². The Kier molecular flexibility index (Phi) is 13.0. The number of amidine groups is 1. The topological polar surface area (TPSA) is 284 Å². The number of phosphoric acid groups is 1. The number of rotatable bonds is 15. The third kappa shape index (κ3) is 10.1. The van der Waals surface area contributed by atoms with Crippen LogP contribution < -0.4 is 20.9 Å². The highest BCUT2D eigenvalue weighted by molar-refractivity contribution is 8.13. The number of aliphatic hydroxyl groups excluding tert-OH is 3. The van der Waals surface area contributed by atoms with Gasteiger partial charge in [0.1, 0.15) is 29.8 Å². The fourth-order valence-corrected chi connectivity index (χ4v) is 6.98. The predicted molar refractivity (Wildman–Crippen MR) is 162 cm³/mol. The van der Waals surface area contributed by atoms with Gasteiger partial charge in [-0.15, -0.1) is 0 Å². The van der Waals surface area contributed by atoms with Gasteiger partial charge in [0.2, 0.25) is 19.4 Å². The molecule has 24 heteroatoms. The van der Waals surface area contributed by atoms with Crippen molar-refractivity contribution in [2.24, 2.45) is 10.4 Å². The summed E-state index contributed by atoms with van der Waals surface area (Å²) >= 11 is 0.894. The van der Waals surface area contributed by atoms with E-state index in [-0.39, 0.29) is 30.6 Å². The predicted octanol–water partition coefficient (Wildman–Crippen LogP) is -1.77. The molecule has 3 heterocycles. The van der Waals surface area contributed by atoms with E-state index >= 15 is 0 Å². The Balaban J connectivity index is 1.51. The van der Waals surface area contributed by atoms with Gasteiger partial charge in [0.15, 0.2) is 23.5 Å². The smallest absolute Gasteiger partial charge is 0.385 e. The molecule has 3 unspecified atom stereocenters. The maximum atomic E-state index is 12.8. The van der Waals surface area contributed by atoms with Crippen molar-refractivity contribution in [2.45, 2.75) is 58.0 Å². The minimum atomic E-state index is -5.29. The fourth-order valence-electron chi connectivity index (χ4n) is 4.09. The third-order valence-corrected chi connectivity index (χ3v) is 9.91. The van der Waals surface area contributed by atoms with E-state index in [1.165, 1.54) is 32.0 Å². The van der Waals surface area contributed by atoms with Crippen LogP contribution in [0.5, 0.6) is 0 Å². The maximum Gasteiger partial charge on any atom is 0.478 e. The number of aromatic amines is 1. The molecule has 0 aliphatic carbocycles. The zero-order valence-electron chi connectivity index (χ0n) is 25.2. The van der Waals surface area contributed by atoms with Gasteiger partial charge in [-0.2, -0.15) is 0 Å². The van der Waals surface area contributed by atoms with Crippen LogP contribution in [0.4, 0.5) is 5.82 Å². The van der Waals surface area contributed by atoms with Crippen LogP contribution >= 0.6 is 27.1 Å². The fraction of sp³-hybridized carbons (Fsp3) is 0.682. The number of nitrogens with one attached hydrogen (secondary N) is 4. The van der Waals surface area contributed by atoms with E-state index in [2.05, 4.69) is 35.2 Å². The molecule has 3 rings (SSSR count). The number of fused-ring (bicyclic) bond motifs is 1. The van der Waals surface area contributed by atoms with Gasteiger partial charge in [0.05, 0.1) is 25.5 Å². The van der Waals surface area contributed by atoms with Crippen LogP contribution in [0.3, 0.4) is 0 Å². The molecule has 46 heavy (non-hydrogen) atoms. The number of imidazole rings is 1. The minimum absolute atomic E-state index is 0.0264. The third-order valence-electron chi connectivity index (χ3n) is 6.52. The summed E-state index contributed by atoms with van der Waals surface area (Å²) in [6.07, 6.45) is -7.27. The zero-order valence-corrected chi connectivity index (χ0v) is 27.8. The molecule has 2 radical (unpaired) electrons. The van der Waals surface area contributed by atoms with Gasteiger partial charge in [0.25, 0.3) is 7.47 Å². The summed E-state index contributed by atoms with van der Waals surface area (Å²) in [6, 6.07) is 0. The van der Waals surface area contributed by atoms with Crippen LogP contribution in [-0.2, 0) is 41.6 Å². The van der Waals surface area contributed by atoms with Crippen LogP contribution in [-0.4, -0.2) is 124 Å². The number of carbonyl (C=O) groups excluding carboxylic acids is 3. The second kappa shape index (κ2) is 15.7. The lowest BCUT2D eigenvalue weighted by molar-refractivity contribution is -0.137. The monoisotopic (exact) mass is 711 g/mol. The quantitative estimate of drug-likeness (QED) is 0.0568. The molecule has 1 fully saturated rings. The number of aromatic nitrogens is 2. The summed E-state index contributed by atoms with van der Waals surface area (Å²) in [6.45, 7) is 3.03. The number of amides is 2. The molecule has 1 aromatic heterocycles. The number of phosphoric ester groups is 1. The molecule has 20 nitrogen and oxygen atoms in total. The van der Waals surface area contributed by atoms with Crippen molar-refractivity contribution in [1.82, 2.24) is 25.9 Å². The first-order chi connectivity index (χ1) is 21.4. The van der Waals surface area contributed by atoms with Crippen LogP contribution in [0.2, 0.25) is 0 Å². The standard InChI is InChI=1S/C22H36BN7O13P2S/c1-11(31)46-10-29-12(32)5-6-25-19(36)16(35)22(2,3)7-40-45(38,39)43-44(23,37)42-21-15(34)14(33)20(41-21)30-9-28-17(24-4)13-18(30)27-8-26-13/h8,14-16,20-21,33-35H,5-7,9-10H2,1-4H3,(H,24,28)(H,25,36)(H,26,27)(H,29,32)(H,38,39)/t14-,15+,16?,20-,21-,44?/m1/s1. The largest absolute Gasteiger partial charge is 0.478 e. The molecule has 2 amide bonds. The molecule has 0 saturated carbocycles. The molecule has 0 aromatic carbocycles. The van der Waals surface area contributed by atoms with Crippen molar-refractivity contribution in [3.63, 3.8) is 0 Å². The number of hydrogen-bond acceptors (Lipinski definition) is 16. The number of thioether (sulfide) groups is 1. The number of carbonyl (C=O) groups is 3. The lowest BCUT2D eigenvalue weighted by Gasteiger charge is -2.34. The SMILES string of the molecule is [B]P(=O)(O[C@H]1O[C@@H](N2CNC(=NC)c3[nH]cnc32)[C@H](O)[C@@H]1O)OP(=O)(O)OCC(C)(C)C(O)C(=O)NCCC(=O)NCSC(C)=O. The van der Waals surface area contributed by atoms with E-state index in [1.54, 1.807) is 7.05 Å². The van der Waals surface area contributed by atoms with E-state index in [9.17, 15) is 43.7 Å². The zero-order chi connectivity index (χ0) is 34.4. The van der Waals surface area contributed by atoms with E-state index in [0.717, 1.165) is 11.8 Å². The first kappa shape index (κ1) is 38.1. The molecule has 256 valence electrons. The normalized spacial score (nSPS) is 25.6. The first-order valence-corrected chi connectivity index (χ1v) is 17.6. The molecule has 8 N–H and O–H groups in total. The molecule has 1 saturated heterocycles. The minimum Gasteiger partial charge on any atom is -0.385 e. The number of anilines is 1. The van der Waals surface area contributed by atoms with Crippen LogP contribution in [0, 0.1) is 5.41 Å². The van der Waals surface area contributed by atoms with Gasteiger partial charge < -0.3 is 50.8 Å².